The van der Waals surface area contributed by atoms with E-state index in [1.165, 1.54) is 13.2 Å². The second-order valence-corrected chi connectivity index (χ2v) is 6.75. The van der Waals surface area contributed by atoms with Crippen LogP contribution in [-0.2, 0) is 14.8 Å². The molecule has 1 heterocycles. The van der Waals surface area contributed by atoms with Gasteiger partial charge < -0.3 is 9.73 Å². The number of furan rings is 1. The molecule has 0 fully saturated rings. The lowest BCUT2D eigenvalue weighted by molar-refractivity contribution is -0.120. The second kappa shape index (κ2) is 7.24. The fraction of sp³-hybridized carbons (Fsp3) is 0.267. The van der Waals surface area contributed by atoms with E-state index in [1.54, 1.807) is 12.1 Å². The standard InChI is InChI=1S/C15H18N2O4S/c1-2-22(19,20)16-11-14(18)17-15(13-9-6-10-21-13)12-7-4-3-5-8-12/h3-10,15-16H,2,11H2,1H3,(H,17,18)/t15-/m1/s1. The maximum atomic E-state index is 12.0. The van der Waals surface area contributed by atoms with Crippen LogP contribution < -0.4 is 10.0 Å². The zero-order chi connectivity index (χ0) is 16.0. The summed E-state index contributed by atoms with van der Waals surface area (Å²) >= 11 is 0. The van der Waals surface area contributed by atoms with Gasteiger partial charge in [-0.25, -0.2) is 13.1 Å². The molecule has 1 atom stereocenters. The van der Waals surface area contributed by atoms with E-state index in [9.17, 15) is 13.2 Å². The summed E-state index contributed by atoms with van der Waals surface area (Å²) in [6, 6.07) is 12.3. The van der Waals surface area contributed by atoms with E-state index < -0.39 is 22.0 Å². The van der Waals surface area contributed by atoms with Crippen molar-refractivity contribution in [3.8, 4) is 0 Å². The molecule has 2 aromatic rings. The molecule has 0 aliphatic rings. The Labute approximate surface area is 129 Å². The highest BCUT2D eigenvalue weighted by molar-refractivity contribution is 7.89. The van der Waals surface area contributed by atoms with Crippen LogP contribution in [0.5, 0.6) is 0 Å². The first-order valence-electron chi connectivity index (χ1n) is 6.87. The fourth-order valence-corrected chi connectivity index (χ4v) is 2.46. The van der Waals surface area contributed by atoms with Gasteiger partial charge in [-0.05, 0) is 24.6 Å². The topological polar surface area (TPSA) is 88.4 Å². The third kappa shape index (κ3) is 4.44. The molecule has 0 spiro atoms. The van der Waals surface area contributed by atoms with E-state index in [1.807, 2.05) is 30.3 Å². The Hall–Kier alpha value is -2.12. The number of rotatable bonds is 7. The molecule has 6 nitrogen and oxygen atoms in total. The number of nitrogens with one attached hydrogen (secondary N) is 2. The summed E-state index contributed by atoms with van der Waals surface area (Å²) in [5, 5.41) is 2.77. The van der Waals surface area contributed by atoms with Crippen molar-refractivity contribution in [1.29, 1.82) is 0 Å². The molecule has 1 aromatic carbocycles. The Morgan fingerprint density at radius 2 is 1.91 bits per heavy atom. The first-order valence-corrected chi connectivity index (χ1v) is 8.52. The Morgan fingerprint density at radius 3 is 2.50 bits per heavy atom. The van der Waals surface area contributed by atoms with Crippen LogP contribution in [0.3, 0.4) is 0 Å². The highest BCUT2D eigenvalue weighted by Gasteiger charge is 2.20. The van der Waals surface area contributed by atoms with Crippen LogP contribution in [0.15, 0.2) is 53.1 Å². The molecule has 0 saturated heterocycles. The molecule has 2 rings (SSSR count). The van der Waals surface area contributed by atoms with Crippen LogP contribution in [0, 0.1) is 0 Å². The summed E-state index contributed by atoms with van der Waals surface area (Å²) in [6.07, 6.45) is 1.53. The van der Waals surface area contributed by atoms with Gasteiger partial charge in [0, 0.05) is 0 Å². The molecule has 1 aromatic heterocycles. The maximum Gasteiger partial charge on any atom is 0.235 e. The molecule has 0 unspecified atom stereocenters. The van der Waals surface area contributed by atoms with Crippen LogP contribution in [0.25, 0.3) is 0 Å². The summed E-state index contributed by atoms with van der Waals surface area (Å²) in [5.74, 6) is 0.0841. The van der Waals surface area contributed by atoms with E-state index in [0.717, 1.165) is 5.56 Å². The maximum absolute atomic E-state index is 12.0. The molecule has 0 aliphatic heterocycles. The SMILES string of the molecule is CCS(=O)(=O)NCC(=O)N[C@H](c1ccccc1)c1ccco1. The zero-order valence-corrected chi connectivity index (χ0v) is 13.0. The van der Waals surface area contributed by atoms with Crippen molar-refractivity contribution in [1.82, 2.24) is 10.0 Å². The van der Waals surface area contributed by atoms with E-state index >= 15 is 0 Å². The van der Waals surface area contributed by atoms with Crippen molar-refractivity contribution in [3.63, 3.8) is 0 Å². The van der Waals surface area contributed by atoms with Gasteiger partial charge in [-0.1, -0.05) is 30.3 Å². The third-order valence-electron chi connectivity index (χ3n) is 3.10. The molecule has 0 bridgehead atoms. The normalized spacial score (nSPS) is 12.8. The summed E-state index contributed by atoms with van der Waals surface area (Å²) < 4.78 is 30.4. The number of carbonyl (C=O) groups excluding carboxylic acids is 1. The molecule has 118 valence electrons. The predicted octanol–water partition coefficient (Wildman–Crippen LogP) is 1.42. The van der Waals surface area contributed by atoms with E-state index in [4.69, 9.17) is 4.42 Å². The lowest BCUT2D eigenvalue weighted by atomic mass is 10.0. The van der Waals surface area contributed by atoms with E-state index in [2.05, 4.69) is 10.0 Å². The van der Waals surface area contributed by atoms with Gasteiger partial charge in [0.15, 0.2) is 0 Å². The molecule has 0 saturated carbocycles. The van der Waals surface area contributed by atoms with Gasteiger partial charge in [0.2, 0.25) is 15.9 Å². The Bertz CT molecular complexity index is 696. The number of amides is 1. The fourth-order valence-electron chi connectivity index (χ4n) is 1.91. The average Bonchev–Trinajstić information content (AvgIpc) is 3.06. The number of carbonyl (C=O) groups is 1. The van der Waals surface area contributed by atoms with Crippen molar-refractivity contribution in [2.24, 2.45) is 0 Å². The molecule has 2 N–H and O–H groups in total. The predicted molar refractivity (Wildman–Crippen MR) is 82.6 cm³/mol. The molecule has 7 heteroatoms. The Morgan fingerprint density at radius 1 is 1.18 bits per heavy atom. The smallest absolute Gasteiger partial charge is 0.235 e. The molecular weight excluding hydrogens is 304 g/mol. The lowest BCUT2D eigenvalue weighted by Crippen LogP contribution is -2.39. The summed E-state index contributed by atoms with van der Waals surface area (Å²) in [6.45, 7) is 1.20. The average molecular weight is 322 g/mol. The zero-order valence-electron chi connectivity index (χ0n) is 12.2. The van der Waals surface area contributed by atoms with Crippen LogP contribution >= 0.6 is 0 Å². The van der Waals surface area contributed by atoms with Crippen LogP contribution in [-0.4, -0.2) is 26.6 Å². The van der Waals surface area contributed by atoms with Gasteiger partial charge in [-0.15, -0.1) is 0 Å². The number of sulfonamides is 1. The van der Waals surface area contributed by atoms with Crippen molar-refractivity contribution >= 4 is 15.9 Å². The minimum Gasteiger partial charge on any atom is -0.467 e. The summed E-state index contributed by atoms with van der Waals surface area (Å²) in [4.78, 5) is 12.0. The Kier molecular flexibility index (Phi) is 5.35. The van der Waals surface area contributed by atoms with Crippen molar-refractivity contribution in [2.45, 2.75) is 13.0 Å². The van der Waals surface area contributed by atoms with E-state index in [-0.39, 0.29) is 12.3 Å². The van der Waals surface area contributed by atoms with Crippen molar-refractivity contribution < 1.29 is 17.6 Å². The van der Waals surface area contributed by atoms with Gasteiger partial charge in [0.1, 0.15) is 11.8 Å². The van der Waals surface area contributed by atoms with Crippen molar-refractivity contribution in [2.75, 3.05) is 12.3 Å². The number of hydrogen-bond acceptors (Lipinski definition) is 4. The Balaban J connectivity index is 2.10. The van der Waals surface area contributed by atoms with Crippen LogP contribution in [0.1, 0.15) is 24.3 Å². The summed E-state index contributed by atoms with van der Waals surface area (Å²) in [5.41, 5.74) is 0.851. The molecule has 1 amide bonds. The van der Waals surface area contributed by atoms with Gasteiger partial charge >= 0.3 is 0 Å². The van der Waals surface area contributed by atoms with Gasteiger partial charge in [-0.2, -0.15) is 0 Å². The molecular formula is C15H18N2O4S. The minimum absolute atomic E-state index is 0.0689. The highest BCUT2D eigenvalue weighted by Crippen LogP contribution is 2.22. The third-order valence-corrected chi connectivity index (χ3v) is 4.44. The van der Waals surface area contributed by atoms with Crippen LogP contribution in [0.2, 0.25) is 0 Å². The summed E-state index contributed by atoms with van der Waals surface area (Å²) in [7, 11) is -3.40. The lowest BCUT2D eigenvalue weighted by Gasteiger charge is -2.17. The van der Waals surface area contributed by atoms with E-state index in [0.29, 0.717) is 5.76 Å². The number of hydrogen-bond donors (Lipinski definition) is 2. The van der Waals surface area contributed by atoms with Gasteiger partial charge in [-0.3, -0.25) is 4.79 Å². The van der Waals surface area contributed by atoms with Gasteiger partial charge in [0.05, 0.1) is 18.6 Å². The molecule has 22 heavy (non-hydrogen) atoms. The quantitative estimate of drug-likeness (QED) is 0.807. The molecule has 0 aliphatic carbocycles. The minimum atomic E-state index is -3.40. The number of benzene rings is 1. The largest absolute Gasteiger partial charge is 0.467 e. The first-order chi connectivity index (χ1) is 10.5. The first kappa shape index (κ1) is 16.3. The molecule has 0 radical (unpaired) electrons. The highest BCUT2D eigenvalue weighted by atomic mass is 32.2. The van der Waals surface area contributed by atoms with Crippen LogP contribution in [0.4, 0.5) is 0 Å². The second-order valence-electron chi connectivity index (χ2n) is 4.65. The van der Waals surface area contributed by atoms with Gasteiger partial charge in [0.25, 0.3) is 0 Å². The van der Waals surface area contributed by atoms with Crippen molar-refractivity contribution in [3.05, 3.63) is 60.1 Å². The monoisotopic (exact) mass is 322 g/mol.